The molecule has 0 N–H and O–H groups in total. The Labute approximate surface area is 107 Å². The fraction of sp³-hybridized carbons (Fsp3) is 1.00. The van der Waals surface area contributed by atoms with E-state index in [1.165, 1.54) is 12.8 Å². The van der Waals surface area contributed by atoms with Crippen LogP contribution in [0.15, 0.2) is 0 Å². The van der Waals surface area contributed by atoms with E-state index in [1.807, 2.05) is 21.6 Å². The first-order valence-electron chi connectivity index (χ1n) is 6.40. The van der Waals surface area contributed by atoms with Gasteiger partial charge in [-0.25, -0.2) is 0 Å². The van der Waals surface area contributed by atoms with Crippen molar-refractivity contribution in [3.8, 4) is 0 Å². The average Bonchev–Trinajstić information content (AvgIpc) is 2.94. The van der Waals surface area contributed by atoms with Crippen molar-refractivity contribution in [1.29, 1.82) is 0 Å². The Morgan fingerprint density at radius 1 is 0.875 bits per heavy atom. The summed E-state index contributed by atoms with van der Waals surface area (Å²) < 4.78 is 11.4. The number of hydrogen-bond acceptors (Lipinski definition) is 4. The highest BCUT2D eigenvalue weighted by atomic mass is 33.1. The summed E-state index contributed by atoms with van der Waals surface area (Å²) in [6.45, 7) is 6.35. The monoisotopic (exact) mass is 262 g/mol. The van der Waals surface area contributed by atoms with Crippen LogP contribution in [-0.4, -0.2) is 35.9 Å². The summed E-state index contributed by atoms with van der Waals surface area (Å²) in [5.41, 5.74) is 0. The van der Waals surface area contributed by atoms with Crippen LogP contribution in [-0.2, 0) is 9.47 Å². The molecule has 16 heavy (non-hydrogen) atoms. The quantitative estimate of drug-likeness (QED) is 0.706. The zero-order valence-corrected chi connectivity index (χ0v) is 11.8. The molecule has 4 unspecified atom stereocenters. The summed E-state index contributed by atoms with van der Waals surface area (Å²) in [6.07, 6.45) is 5.72. The fourth-order valence-electron chi connectivity index (χ4n) is 2.38. The molecule has 0 aromatic rings. The third-order valence-corrected chi connectivity index (χ3v) is 6.91. The summed E-state index contributed by atoms with van der Waals surface area (Å²) in [4.78, 5) is 0. The van der Waals surface area contributed by atoms with Crippen LogP contribution in [0.4, 0.5) is 0 Å². The SMILES string of the molecule is CCC1OCCC1SSC1CCOC1CC. The van der Waals surface area contributed by atoms with Gasteiger partial charge in [-0.3, -0.25) is 0 Å². The highest BCUT2D eigenvalue weighted by molar-refractivity contribution is 8.77. The van der Waals surface area contributed by atoms with E-state index in [-0.39, 0.29) is 0 Å². The molecule has 0 aromatic carbocycles. The molecule has 2 heterocycles. The minimum absolute atomic E-state index is 0.486. The van der Waals surface area contributed by atoms with Crippen LogP contribution in [0.5, 0.6) is 0 Å². The van der Waals surface area contributed by atoms with E-state index in [2.05, 4.69) is 13.8 Å². The van der Waals surface area contributed by atoms with Crippen molar-refractivity contribution in [1.82, 2.24) is 0 Å². The molecule has 4 heteroatoms. The molecule has 2 saturated heterocycles. The first-order chi connectivity index (χ1) is 7.85. The van der Waals surface area contributed by atoms with E-state index in [0.717, 1.165) is 26.1 Å². The normalized spacial score (nSPS) is 39.4. The first-order valence-corrected chi connectivity index (χ1v) is 8.68. The topological polar surface area (TPSA) is 18.5 Å². The van der Waals surface area contributed by atoms with Gasteiger partial charge in [0.25, 0.3) is 0 Å². The summed E-state index contributed by atoms with van der Waals surface area (Å²) in [5, 5.41) is 1.40. The van der Waals surface area contributed by atoms with Gasteiger partial charge in [0.1, 0.15) is 0 Å². The molecule has 0 saturated carbocycles. The third-order valence-electron chi connectivity index (χ3n) is 3.41. The Bertz CT molecular complexity index is 191. The second kappa shape index (κ2) is 6.53. The average molecular weight is 262 g/mol. The molecule has 2 nitrogen and oxygen atoms in total. The van der Waals surface area contributed by atoms with Gasteiger partial charge in [-0.1, -0.05) is 35.4 Å². The summed E-state index contributed by atoms with van der Waals surface area (Å²) >= 11 is 0. The van der Waals surface area contributed by atoms with Gasteiger partial charge in [0.2, 0.25) is 0 Å². The van der Waals surface area contributed by atoms with Crippen molar-refractivity contribution in [3.63, 3.8) is 0 Å². The Hall–Kier alpha value is 0.620. The maximum Gasteiger partial charge on any atom is 0.0700 e. The second-order valence-electron chi connectivity index (χ2n) is 4.48. The minimum atomic E-state index is 0.486. The lowest BCUT2D eigenvalue weighted by molar-refractivity contribution is 0.110. The Morgan fingerprint density at radius 3 is 1.69 bits per heavy atom. The smallest absolute Gasteiger partial charge is 0.0700 e. The number of ether oxygens (including phenoxy) is 2. The standard InChI is InChI=1S/C12H22O2S2/c1-3-9-11(5-7-13-9)15-16-12-6-8-14-10(12)4-2/h9-12H,3-8H2,1-2H3. The molecule has 2 rings (SSSR count). The van der Waals surface area contributed by atoms with Gasteiger partial charge in [-0.15, -0.1) is 0 Å². The van der Waals surface area contributed by atoms with E-state index in [9.17, 15) is 0 Å². The molecular formula is C12H22O2S2. The highest BCUT2D eigenvalue weighted by Crippen LogP contribution is 2.42. The Kier molecular flexibility index (Phi) is 5.33. The summed E-state index contributed by atoms with van der Waals surface area (Å²) in [5.74, 6) is 0. The van der Waals surface area contributed by atoms with Gasteiger partial charge in [-0.05, 0) is 25.7 Å². The minimum Gasteiger partial charge on any atom is -0.377 e. The lowest BCUT2D eigenvalue weighted by Crippen LogP contribution is -2.19. The molecule has 94 valence electrons. The van der Waals surface area contributed by atoms with Crippen molar-refractivity contribution in [2.45, 2.75) is 62.2 Å². The zero-order valence-electron chi connectivity index (χ0n) is 10.2. The van der Waals surface area contributed by atoms with Gasteiger partial charge in [0.05, 0.1) is 12.2 Å². The lowest BCUT2D eigenvalue weighted by atomic mass is 10.2. The van der Waals surface area contributed by atoms with Crippen molar-refractivity contribution in [2.75, 3.05) is 13.2 Å². The van der Waals surface area contributed by atoms with Crippen LogP contribution >= 0.6 is 21.6 Å². The van der Waals surface area contributed by atoms with Crippen molar-refractivity contribution in [3.05, 3.63) is 0 Å². The molecule has 2 aliphatic heterocycles. The first kappa shape index (κ1) is 13.1. The maximum absolute atomic E-state index is 5.72. The van der Waals surface area contributed by atoms with E-state index in [0.29, 0.717) is 22.7 Å². The third kappa shape index (κ3) is 3.09. The van der Waals surface area contributed by atoms with Crippen LogP contribution in [0.25, 0.3) is 0 Å². The maximum atomic E-state index is 5.72. The van der Waals surface area contributed by atoms with Crippen LogP contribution in [0, 0.1) is 0 Å². The van der Waals surface area contributed by atoms with Gasteiger partial charge in [0.15, 0.2) is 0 Å². The fourth-order valence-corrected chi connectivity index (χ4v) is 6.02. The molecule has 0 aromatic heterocycles. The molecule has 0 spiro atoms. The molecule has 0 aliphatic carbocycles. The van der Waals surface area contributed by atoms with Crippen LogP contribution in [0.3, 0.4) is 0 Å². The van der Waals surface area contributed by atoms with Crippen LogP contribution in [0.2, 0.25) is 0 Å². The van der Waals surface area contributed by atoms with E-state index in [4.69, 9.17) is 9.47 Å². The lowest BCUT2D eigenvalue weighted by Gasteiger charge is -2.20. The Balaban J connectivity index is 1.74. The van der Waals surface area contributed by atoms with E-state index >= 15 is 0 Å². The summed E-state index contributed by atoms with van der Waals surface area (Å²) in [7, 11) is 4.09. The number of hydrogen-bond donors (Lipinski definition) is 0. The van der Waals surface area contributed by atoms with Gasteiger partial charge < -0.3 is 9.47 Å². The molecule has 2 aliphatic rings. The van der Waals surface area contributed by atoms with Crippen LogP contribution in [0.1, 0.15) is 39.5 Å². The van der Waals surface area contributed by atoms with Crippen LogP contribution < -0.4 is 0 Å². The molecule has 2 fully saturated rings. The van der Waals surface area contributed by atoms with Crippen molar-refractivity contribution >= 4 is 21.6 Å². The van der Waals surface area contributed by atoms with E-state index in [1.54, 1.807) is 0 Å². The molecule has 0 bridgehead atoms. The van der Waals surface area contributed by atoms with E-state index < -0.39 is 0 Å². The van der Waals surface area contributed by atoms with Gasteiger partial charge in [0, 0.05) is 23.7 Å². The molecule has 0 radical (unpaired) electrons. The van der Waals surface area contributed by atoms with Gasteiger partial charge in [-0.2, -0.15) is 0 Å². The second-order valence-corrected chi connectivity index (χ2v) is 7.23. The Morgan fingerprint density at radius 2 is 1.31 bits per heavy atom. The number of rotatable bonds is 5. The zero-order chi connectivity index (χ0) is 11.4. The molecule has 0 amide bonds. The molecule has 4 atom stereocenters. The predicted octanol–water partition coefficient (Wildman–Crippen LogP) is 3.50. The van der Waals surface area contributed by atoms with Gasteiger partial charge >= 0.3 is 0 Å². The highest BCUT2D eigenvalue weighted by Gasteiger charge is 2.32. The predicted molar refractivity (Wildman–Crippen MR) is 72.1 cm³/mol. The molecular weight excluding hydrogens is 240 g/mol. The van der Waals surface area contributed by atoms with Crippen molar-refractivity contribution in [2.24, 2.45) is 0 Å². The van der Waals surface area contributed by atoms with Crippen molar-refractivity contribution < 1.29 is 9.47 Å². The summed E-state index contributed by atoms with van der Waals surface area (Å²) in [6, 6.07) is 0. The largest absolute Gasteiger partial charge is 0.377 e.